The van der Waals surface area contributed by atoms with Crippen LogP contribution in [0.25, 0.3) is 0 Å². The molecule has 1 aromatic carbocycles. The first-order valence-corrected chi connectivity index (χ1v) is 6.49. The van der Waals surface area contributed by atoms with E-state index >= 15 is 0 Å². The minimum atomic E-state index is -0.163. The van der Waals surface area contributed by atoms with Crippen LogP contribution in [0.15, 0.2) is 18.2 Å². The summed E-state index contributed by atoms with van der Waals surface area (Å²) in [4.78, 5) is 2.27. The Labute approximate surface area is 132 Å². The van der Waals surface area contributed by atoms with Gasteiger partial charge >= 0.3 is 0 Å². The minimum absolute atomic E-state index is 0. The van der Waals surface area contributed by atoms with Crippen LogP contribution in [0.1, 0.15) is 24.8 Å². The van der Waals surface area contributed by atoms with E-state index in [-0.39, 0.29) is 30.6 Å². The Balaban J connectivity index is 0.00000180. The van der Waals surface area contributed by atoms with Gasteiger partial charge in [-0.15, -0.1) is 24.8 Å². The van der Waals surface area contributed by atoms with E-state index in [0.29, 0.717) is 23.9 Å². The van der Waals surface area contributed by atoms with Crippen LogP contribution in [0.5, 0.6) is 5.75 Å². The van der Waals surface area contributed by atoms with Crippen LogP contribution in [0, 0.1) is 5.82 Å². The molecule has 1 saturated heterocycles. The van der Waals surface area contributed by atoms with Crippen LogP contribution in [0.3, 0.4) is 0 Å². The largest absolute Gasteiger partial charge is 0.497 e. The fraction of sp³-hybridized carbons (Fsp3) is 0.571. The molecule has 1 aromatic rings. The van der Waals surface area contributed by atoms with Crippen LogP contribution < -0.4 is 10.5 Å². The van der Waals surface area contributed by atoms with Gasteiger partial charge < -0.3 is 10.5 Å². The van der Waals surface area contributed by atoms with Crippen molar-refractivity contribution >= 4 is 24.8 Å². The third-order valence-electron chi connectivity index (χ3n) is 3.51. The number of methoxy groups -OCH3 is 1. The van der Waals surface area contributed by atoms with Crippen molar-refractivity contribution in [3.63, 3.8) is 0 Å². The number of nitrogens with two attached hydrogens (primary N) is 1. The number of halogens is 3. The van der Waals surface area contributed by atoms with Crippen LogP contribution in [0.4, 0.5) is 4.39 Å². The number of benzene rings is 1. The van der Waals surface area contributed by atoms with Gasteiger partial charge in [-0.25, -0.2) is 4.39 Å². The quantitative estimate of drug-likeness (QED) is 0.928. The Hall–Kier alpha value is -0.550. The standard InChI is InChI=1S/C14H21FN2O.2ClH/c1-18-13-4-5-14(15)11(9-13)10-17-7-2-3-12(16)6-8-17;;/h4-5,9,12H,2-3,6-8,10,16H2,1H3;2*1H. The molecular weight excluding hydrogens is 302 g/mol. The van der Waals surface area contributed by atoms with Gasteiger partial charge in [-0.05, 0) is 50.6 Å². The average molecular weight is 325 g/mol. The fourth-order valence-corrected chi connectivity index (χ4v) is 2.38. The first kappa shape index (κ1) is 19.4. The van der Waals surface area contributed by atoms with Gasteiger partial charge in [0, 0.05) is 18.2 Å². The van der Waals surface area contributed by atoms with Crippen molar-refractivity contribution in [1.82, 2.24) is 4.90 Å². The zero-order valence-electron chi connectivity index (χ0n) is 11.7. The zero-order valence-corrected chi connectivity index (χ0v) is 13.3. The van der Waals surface area contributed by atoms with Gasteiger partial charge in [0.2, 0.25) is 0 Å². The molecule has 116 valence electrons. The van der Waals surface area contributed by atoms with E-state index < -0.39 is 0 Å². The van der Waals surface area contributed by atoms with E-state index in [1.165, 1.54) is 6.07 Å². The molecule has 0 radical (unpaired) electrons. The number of nitrogens with zero attached hydrogens (tertiary/aromatic N) is 1. The molecule has 20 heavy (non-hydrogen) atoms. The van der Waals surface area contributed by atoms with Gasteiger partial charge in [0.25, 0.3) is 0 Å². The third kappa shape index (κ3) is 5.44. The molecule has 1 unspecified atom stereocenters. The van der Waals surface area contributed by atoms with Crippen LogP contribution in [0.2, 0.25) is 0 Å². The number of hydrogen-bond donors (Lipinski definition) is 1. The Kier molecular flexibility index (Phi) is 9.14. The van der Waals surface area contributed by atoms with Crippen molar-refractivity contribution in [2.75, 3.05) is 20.2 Å². The summed E-state index contributed by atoms with van der Waals surface area (Å²) < 4.78 is 18.9. The zero-order chi connectivity index (χ0) is 13.0. The predicted octanol–water partition coefficient (Wildman–Crippen LogP) is 2.99. The molecule has 1 aliphatic heterocycles. The van der Waals surface area contributed by atoms with Crippen LogP contribution in [-0.4, -0.2) is 31.1 Å². The van der Waals surface area contributed by atoms with Gasteiger partial charge in [0.1, 0.15) is 11.6 Å². The predicted molar refractivity (Wildman–Crippen MR) is 84.6 cm³/mol. The minimum Gasteiger partial charge on any atom is -0.497 e. The van der Waals surface area contributed by atoms with Gasteiger partial charge in [0.05, 0.1) is 7.11 Å². The first-order valence-electron chi connectivity index (χ1n) is 6.49. The fourth-order valence-electron chi connectivity index (χ4n) is 2.38. The molecule has 6 heteroatoms. The van der Waals surface area contributed by atoms with E-state index in [1.54, 1.807) is 19.2 Å². The van der Waals surface area contributed by atoms with Crippen molar-refractivity contribution in [3.8, 4) is 5.75 Å². The molecule has 0 aliphatic carbocycles. The summed E-state index contributed by atoms with van der Waals surface area (Å²) in [6.45, 7) is 2.57. The molecule has 1 atom stereocenters. The molecule has 0 aromatic heterocycles. The number of hydrogen-bond acceptors (Lipinski definition) is 3. The number of rotatable bonds is 3. The summed E-state index contributed by atoms with van der Waals surface area (Å²) in [5.74, 6) is 0.544. The summed E-state index contributed by atoms with van der Waals surface area (Å²) in [7, 11) is 1.60. The summed E-state index contributed by atoms with van der Waals surface area (Å²) in [6, 6.07) is 5.19. The van der Waals surface area contributed by atoms with Crippen molar-refractivity contribution in [2.45, 2.75) is 31.8 Å². The van der Waals surface area contributed by atoms with Gasteiger partial charge in [-0.3, -0.25) is 4.90 Å². The lowest BCUT2D eigenvalue weighted by Gasteiger charge is -2.20. The SMILES string of the molecule is COc1ccc(F)c(CN2CCCC(N)CC2)c1.Cl.Cl. The molecular formula is C14H23Cl2FN2O. The topological polar surface area (TPSA) is 38.5 Å². The van der Waals surface area contributed by atoms with Crippen molar-refractivity contribution < 1.29 is 9.13 Å². The molecule has 2 N–H and O–H groups in total. The Morgan fingerprint density at radius 3 is 2.75 bits per heavy atom. The van der Waals surface area contributed by atoms with E-state index in [1.807, 2.05) is 0 Å². The maximum absolute atomic E-state index is 13.7. The molecule has 1 aliphatic rings. The van der Waals surface area contributed by atoms with E-state index in [4.69, 9.17) is 10.5 Å². The number of ether oxygens (including phenoxy) is 1. The second kappa shape index (κ2) is 9.40. The normalized spacial score (nSPS) is 19.4. The first-order chi connectivity index (χ1) is 8.69. The molecule has 0 amide bonds. The average Bonchev–Trinajstić information content (AvgIpc) is 2.57. The van der Waals surface area contributed by atoms with Crippen molar-refractivity contribution in [1.29, 1.82) is 0 Å². The van der Waals surface area contributed by atoms with E-state index in [2.05, 4.69) is 4.90 Å². The van der Waals surface area contributed by atoms with E-state index in [0.717, 1.165) is 32.4 Å². The highest BCUT2D eigenvalue weighted by Gasteiger charge is 2.15. The van der Waals surface area contributed by atoms with Crippen molar-refractivity contribution in [2.24, 2.45) is 5.73 Å². The maximum Gasteiger partial charge on any atom is 0.127 e. The smallest absolute Gasteiger partial charge is 0.127 e. The Morgan fingerprint density at radius 1 is 1.30 bits per heavy atom. The van der Waals surface area contributed by atoms with Crippen molar-refractivity contribution in [3.05, 3.63) is 29.6 Å². The lowest BCUT2D eigenvalue weighted by Crippen LogP contribution is -2.26. The molecule has 2 rings (SSSR count). The highest BCUT2D eigenvalue weighted by Crippen LogP contribution is 2.19. The molecule has 3 nitrogen and oxygen atoms in total. The Morgan fingerprint density at radius 2 is 2.05 bits per heavy atom. The van der Waals surface area contributed by atoms with E-state index in [9.17, 15) is 4.39 Å². The lowest BCUT2D eigenvalue weighted by molar-refractivity contribution is 0.271. The van der Waals surface area contributed by atoms with Crippen LogP contribution >= 0.6 is 24.8 Å². The summed E-state index contributed by atoms with van der Waals surface area (Å²) in [6.07, 6.45) is 3.15. The third-order valence-corrected chi connectivity index (χ3v) is 3.51. The summed E-state index contributed by atoms with van der Waals surface area (Å²) in [5, 5.41) is 0. The monoisotopic (exact) mass is 324 g/mol. The lowest BCUT2D eigenvalue weighted by atomic mass is 10.1. The highest BCUT2D eigenvalue weighted by molar-refractivity contribution is 5.85. The summed E-state index contributed by atoms with van der Waals surface area (Å²) >= 11 is 0. The van der Waals surface area contributed by atoms with Gasteiger partial charge in [0.15, 0.2) is 0 Å². The summed E-state index contributed by atoms with van der Waals surface area (Å²) in [5.41, 5.74) is 6.64. The second-order valence-electron chi connectivity index (χ2n) is 4.92. The molecule has 1 fully saturated rings. The molecule has 0 spiro atoms. The second-order valence-corrected chi connectivity index (χ2v) is 4.92. The highest BCUT2D eigenvalue weighted by atomic mass is 35.5. The number of likely N-dealkylation sites (tertiary alicyclic amines) is 1. The molecule has 1 heterocycles. The molecule has 0 saturated carbocycles. The van der Waals surface area contributed by atoms with Crippen LogP contribution in [-0.2, 0) is 6.54 Å². The Bertz CT molecular complexity index is 407. The van der Waals surface area contributed by atoms with Gasteiger partial charge in [-0.1, -0.05) is 0 Å². The van der Waals surface area contributed by atoms with Gasteiger partial charge in [-0.2, -0.15) is 0 Å². The maximum atomic E-state index is 13.7. The molecule has 0 bridgehead atoms.